The van der Waals surface area contributed by atoms with Crippen LogP contribution in [0.5, 0.6) is 17.2 Å². The van der Waals surface area contributed by atoms with E-state index in [1.165, 1.54) is 0 Å². The molecule has 0 saturated carbocycles. The van der Waals surface area contributed by atoms with Crippen molar-refractivity contribution in [2.45, 2.75) is 32.0 Å². The zero-order valence-electron chi connectivity index (χ0n) is 18.8. The molecule has 4 atom stereocenters. The summed E-state index contributed by atoms with van der Waals surface area (Å²) in [5.74, 6) is 2.21. The Morgan fingerprint density at radius 3 is 2.94 bits per heavy atom. The standard InChI is InChI=1S/C25H27N5O4/c31-20-3-1-2-18(10-20)22-14-30(28-27-22)12-19-9-17-6-7-29(19)13-21(17)25(32)26-11-16-4-5-23-24(8-16)34-15-33-23/h1-5,8,10,14,17,19,21,31H,6-7,9,11-13,15H2,(H,26,32)/t17-,19-,21+/m1/s1. The molecule has 4 aliphatic rings. The number of nitrogens with one attached hydrogen (secondary N) is 1. The average molecular weight is 462 g/mol. The van der Waals surface area contributed by atoms with Gasteiger partial charge in [-0.1, -0.05) is 23.4 Å². The first-order valence-electron chi connectivity index (χ1n) is 11.7. The Morgan fingerprint density at radius 1 is 1.18 bits per heavy atom. The number of carbonyl (C=O) groups excluding carboxylic acids is 1. The van der Waals surface area contributed by atoms with Crippen LogP contribution in [-0.4, -0.2) is 56.8 Å². The van der Waals surface area contributed by atoms with Crippen LogP contribution in [-0.2, 0) is 17.9 Å². The molecule has 9 nitrogen and oxygen atoms in total. The van der Waals surface area contributed by atoms with Crippen molar-refractivity contribution in [3.63, 3.8) is 0 Å². The Labute approximate surface area is 197 Å². The highest BCUT2D eigenvalue weighted by Crippen LogP contribution is 2.37. The Balaban J connectivity index is 1.06. The fourth-order valence-corrected chi connectivity index (χ4v) is 5.40. The molecule has 1 amide bonds. The van der Waals surface area contributed by atoms with Crippen LogP contribution in [0.25, 0.3) is 11.3 Å². The minimum atomic E-state index is 0.0117. The Hall–Kier alpha value is -3.59. The smallest absolute Gasteiger partial charge is 0.231 e. The van der Waals surface area contributed by atoms with Crippen molar-refractivity contribution >= 4 is 5.91 Å². The average Bonchev–Trinajstić information content (AvgIpc) is 3.52. The third-order valence-corrected chi connectivity index (χ3v) is 7.20. The van der Waals surface area contributed by atoms with E-state index in [0.29, 0.717) is 18.5 Å². The maximum Gasteiger partial charge on any atom is 0.231 e. The largest absolute Gasteiger partial charge is 0.508 e. The van der Waals surface area contributed by atoms with Crippen LogP contribution >= 0.6 is 0 Å². The minimum Gasteiger partial charge on any atom is -0.508 e. The molecule has 176 valence electrons. The van der Waals surface area contributed by atoms with Gasteiger partial charge in [-0.2, -0.15) is 0 Å². The molecular weight excluding hydrogens is 434 g/mol. The van der Waals surface area contributed by atoms with Crippen LogP contribution in [0.1, 0.15) is 18.4 Å². The number of aromatic nitrogens is 3. The lowest BCUT2D eigenvalue weighted by atomic mass is 9.75. The summed E-state index contributed by atoms with van der Waals surface area (Å²) in [6.07, 6.45) is 3.95. The predicted octanol–water partition coefficient (Wildman–Crippen LogP) is 2.41. The van der Waals surface area contributed by atoms with Crippen molar-refractivity contribution < 1.29 is 19.4 Å². The fraction of sp³-hybridized carbons (Fsp3) is 0.400. The highest BCUT2D eigenvalue weighted by molar-refractivity contribution is 5.79. The van der Waals surface area contributed by atoms with Crippen molar-refractivity contribution in [2.24, 2.45) is 11.8 Å². The second-order valence-corrected chi connectivity index (χ2v) is 9.32. The van der Waals surface area contributed by atoms with E-state index >= 15 is 0 Å². The lowest BCUT2D eigenvalue weighted by Gasteiger charge is -2.49. The molecule has 1 aromatic heterocycles. The van der Waals surface area contributed by atoms with Gasteiger partial charge < -0.3 is 19.9 Å². The lowest BCUT2D eigenvalue weighted by molar-refractivity contribution is -0.133. The van der Waals surface area contributed by atoms with Crippen LogP contribution in [0.15, 0.2) is 48.7 Å². The van der Waals surface area contributed by atoms with Crippen LogP contribution in [0, 0.1) is 11.8 Å². The first-order chi connectivity index (χ1) is 16.6. The number of fused-ring (bicyclic) bond motifs is 4. The second kappa shape index (κ2) is 8.64. The number of phenols is 1. The number of hydrogen-bond donors (Lipinski definition) is 2. The number of ether oxygens (including phenoxy) is 2. The zero-order valence-corrected chi connectivity index (χ0v) is 18.8. The summed E-state index contributed by atoms with van der Waals surface area (Å²) >= 11 is 0. The molecule has 2 bridgehead atoms. The summed E-state index contributed by atoms with van der Waals surface area (Å²) in [6, 6.07) is 13.2. The number of piperidine rings is 3. The number of phenolic OH excluding ortho intramolecular Hbond substituents is 1. The van der Waals surface area contributed by atoms with Crippen molar-refractivity contribution in [1.29, 1.82) is 0 Å². The number of amides is 1. The van der Waals surface area contributed by atoms with Crippen LogP contribution in [0.4, 0.5) is 0 Å². The molecule has 0 spiro atoms. The third-order valence-electron chi connectivity index (χ3n) is 7.20. The lowest BCUT2D eigenvalue weighted by Crippen LogP contribution is -2.57. The monoisotopic (exact) mass is 461 g/mol. The molecule has 7 rings (SSSR count). The molecule has 3 aromatic rings. The van der Waals surface area contributed by atoms with Gasteiger partial charge in [0.1, 0.15) is 11.4 Å². The molecule has 2 aromatic carbocycles. The maximum absolute atomic E-state index is 13.0. The summed E-state index contributed by atoms with van der Waals surface area (Å²) in [7, 11) is 0. The van der Waals surface area contributed by atoms with Gasteiger partial charge in [0.25, 0.3) is 0 Å². The molecule has 4 aliphatic heterocycles. The van der Waals surface area contributed by atoms with Gasteiger partial charge in [-0.15, -0.1) is 5.10 Å². The van der Waals surface area contributed by atoms with Gasteiger partial charge >= 0.3 is 0 Å². The molecule has 0 radical (unpaired) electrons. The van der Waals surface area contributed by atoms with Crippen LogP contribution in [0.3, 0.4) is 0 Å². The Kier molecular flexibility index (Phi) is 5.33. The first-order valence-corrected chi connectivity index (χ1v) is 11.7. The van der Waals surface area contributed by atoms with E-state index in [0.717, 1.165) is 60.8 Å². The topological polar surface area (TPSA) is 102 Å². The highest BCUT2D eigenvalue weighted by atomic mass is 16.7. The predicted molar refractivity (Wildman–Crippen MR) is 123 cm³/mol. The quantitative estimate of drug-likeness (QED) is 0.581. The summed E-state index contributed by atoms with van der Waals surface area (Å²) in [5, 5.41) is 21.4. The van der Waals surface area contributed by atoms with Crippen molar-refractivity contribution in [2.75, 3.05) is 19.9 Å². The molecular formula is C25H27N5O4. The fourth-order valence-electron chi connectivity index (χ4n) is 5.40. The second-order valence-electron chi connectivity index (χ2n) is 9.32. The SMILES string of the molecule is O=C(NCc1ccc2c(c1)OCO2)[C@H]1CN2CC[C@@H]1C[C@@H]2Cn1cc(-c2cccc(O)c2)nn1. The van der Waals surface area contributed by atoms with E-state index in [9.17, 15) is 9.90 Å². The molecule has 9 heteroatoms. The maximum atomic E-state index is 13.0. The number of hydrogen-bond acceptors (Lipinski definition) is 7. The van der Waals surface area contributed by atoms with E-state index in [1.54, 1.807) is 18.2 Å². The number of aromatic hydroxyl groups is 1. The highest BCUT2D eigenvalue weighted by Gasteiger charge is 2.43. The van der Waals surface area contributed by atoms with Gasteiger partial charge in [-0.3, -0.25) is 14.4 Å². The number of rotatable bonds is 6. The van der Waals surface area contributed by atoms with Crippen molar-refractivity contribution in [3.8, 4) is 28.5 Å². The van der Waals surface area contributed by atoms with E-state index in [1.807, 2.05) is 35.1 Å². The van der Waals surface area contributed by atoms with Gasteiger partial charge in [0.15, 0.2) is 11.5 Å². The molecule has 3 fully saturated rings. The summed E-state index contributed by atoms with van der Waals surface area (Å²) in [4.78, 5) is 15.4. The van der Waals surface area contributed by atoms with Crippen LogP contribution in [0.2, 0.25) is 0 Å². The third kappa shape index (κ3) is 4.07. The molecule has 34 heavy (non-hydrogen) atoms. The van der Waals surface area contributed by atoms with Crippen molar-refractivity contribution in [3.05, 3.63) is 54.2 Å². The molecule has 5 heterocycles. The molecule has 0 aliphatic carbocycles. The summed E-state index contributed by atoms with van der Waals surface area (Å²) < 4.78 is 12.7. The molecule has 3 saturated heterocycles. The zero-order chi connectivity index (χ0) is 23.1. The van der Waals surface area contributed by atoms with Crippen molar-refractivity contribution in [1.82, 2.24) is 25.2 Å². The van der Waals surface area contributed by atoms with E-state index in [4.69, 9.17) is 9.47 Å². The first kappa shape index (κ1) is 21.0. The molecule has 2 N–H and O–H groups in total. The van der Waals surface area contributed by atoms with Gasteiger partial charge in [0.2, 0.25) is 12.7 Å². The minimum absolute atomic E-state index is 0.0117. The van der Waals surface area contributed by atoms with E-state index in [-0.39, 0.29) is 24.4 Å². The number of nitrogens with zero attached hydrogens (tertiary/aromatic N) is 4. The number of carbonyl (C=O) groups is 1. The van der Waals surface area contributed by atoms with E-state index in [2.05, 4.69) is 20.5 Å². The van der Waals surface area contributed by atoms with Gasteiger partial charge in [0, 0.05) is 24.7 Å². The molecule has 1 unspecified atom stereocenters. The van der Waals surface area contributed by atoms with Gasteiger partial charge in [0.05, 0.1) is 18.7 Å². The number of benzene rings is 2. The van der Waals surface area contributed by atoms with Gasteiger partial charge in [-0.25, -0.2) is 0 Å². The van der Waals surface area contributed by atoms with E-state index < -0.39 is 0 Å². The summed E-state index contributed by atoms with van der Waals surface area (Å²) in [5.41, 5.74) is 2.59. The van der Waals surface area contributed by atoms with Gasteiger partial charge in [-0.05, 0) is 55.1 Å². The van der Waals surface area contributed by atoms with Crippen LogP contribution < -0.4 is 14.8 Å². The Bertz CT molecular complexity index is 1210. The summed E-state index contributed by atoms with van der Waals surface area (Å²) in [6.45, 7) is 3.26. The Morgan fingerprint density at radius 2 is 2.09 bits per heavy atom. The normalized spacial score (nSPS) is 24.8.